The Bertz CT molecular complexity index is 1170. The summed E-state index contributed by atoms with van der Waals surface area (Å²) in [5.74, 6) is 1.59. The number of aliphatic hydroxyl groups excluding tert-OH is 2. The van der Waals surface area contributed by atoms with Crippen molar-refractivity contribution in [1.29, 1.82) is 0 Å². The molecule has 4 aromatic rings. The number of benzene rings is 4. The van der Waals surface area contributed by atoms with Crippen LogP contribution in [0, 0.1) is 0 Å². The molecule has 6 nitrogen and oxygen atoms in total. The van der Waals surface area contributed by atoms with Crippen LogP contribution in [0.5, 0.6) is 11.5 Å². The molecule has 40 heavy (non-hydrogen) atoms. The average molecular weight is 543 g/mol. The Labute approximate surface area is 236 Å². The Morgan fingerprint density at radius 1 is 0.450 bits per heavy atom. The van der Waals surface area contributed by atoms with Crippen LogP contribution in [0.2, 0.25) is 0 Å². The molecule has 0 aliphatic heterocycles. The highest BCUT2D eigenvalue weighted by atomic mass is 16.5. The fourth-order valence-electron chi connectivity index (χ4n) is 4.35. The first-order valence-electron chi connectivity index (χ1n) is 13.7. The number of ether oxygens (including phenoxy) is 4. The van der Waals surface area contributed by atoms with E-state index in [0.29, 0.717) is 26.4 Å². The third-order valence-corrected chi connectivity index (χ3v) is 6.67. The molecule has 0 radical (unpaired) electrons. The smallest absolute Gasteiger partial charge is 0.122 e. The summed E-state index contributed by atoms with van der Waals surface area (Å²) in [4.78, 5) is 0. The topological polar surface area (TPSA) is 77.4 Å². The Morgan fingerprint density at radius 2 is 0.750 bits per heavy atom. The first-order valence-corrected chi connectivity index (χ1v) is 13.7. The maximum absolute atomic E-state index is 8.93. The molecule has 0 saturated carbocycles. The van der Waals surface area contributed by atoms with Crippen LogP contribution in [0.25, 0.3) is 22.3 Å². The molecule has 4 rings (SSSR count). The second-order valence-corrected chi connectivity index (χ2v) is 9.46. The van der Waals surface area contributed by atoms with Gasteiger partial charge in [0.2, 0.25) is 0 Å². The summed E-state index contributed by atoms with van der Waals surface area (Å²) in [6.07, 6.45) is -0.106. The van der Waals surface area contributed by atoms with Gasteiger partial charge >= 0.3 is 0 Å². The predicted molar refractivity (Wildman–Crippen MR) is 158 cm³/mol. The van der Waals surface area contributed by atoms with Gasteiger partial charge < -0.3 is 29.2 Å². The molecular weight excluding hydrogens is 504 g/mol. The molecule has 2 unspecified atom stereocenters. The largest absolute Gasteiger partial charge is 0.490 e. The van der Waals surface area contributed by atoms with Gasteiger partial charge in [0, 0.05) is 0 Å². The van der Waals surface area contributed by atoms with Crippen molar-refractivity contribution in [3.63, 3.8) is 0 Å². The minimum Gasteiger partial charge on any atom is -0.490 e. The van der Waals surface area contributed by atoms with E-state index in [2.05, 4.69) is 48.5 Å². The zero-order valence-electron chi connectivity index (χ0n) is 23.2. The Morgan fingerprint density at radius 3 is 1.05 bits per heavy atom. The molecule has 6 heteroatoms. The fourth-order valence-corrected chi connectivity index (χ4v) is 4.35. The maximum atomic E-state index is 8.93. The van der Waals surface area contributed by atoms with Crippen LogP contribution in [0.4, 0.5) is 0 Å². The van der Waals surface area contributed by atoms with Crippen LogP contribution in [0.1, 0.15) is 37.2 Å². The summed E-state index contributed by atoms with van der Waals surface area (Å²) < 4.78 is 22.9. The highest BCUT2D eigenvalue weighted by Gasteiger charge is 2.08. The van der Waals surface area contributed by atoms with Crippen LogP contribution in [-0.2, 0) is 9.47 Å². The monoisotopic (exact) mass is 542 g/mol. The van der Waals surface area contributed by atoms with Gasteiger partial charge in [0.05, 0.1) is 38.6 Å². The van der Waals surface area contributed by atoms with Crippen molar-refractivity contribution in [1.82, 2.24) is 0 Å². The molecule has 0 fully saturated rings. The molecule has 0 aliphatic rings. The summed E-state index contributed by atoms with van der Waals surface area (Å²) in [6, 6.07) is 32.6. The molecule has 0 aromatic heterocycles. The molecule has 2 atom stereocenters. The summed E-state index contributed by atoms with van der Waals surface area (Å²) >= 11 is 0. The predicted octanol–water partition coefficient (Wildman–Crippen LogP) is 6.62. The lowest BCUT2D eigenvalue weighted by molar-refractivity contribution is 0.0385. The lowest BCUT2D eigenvalue weighted by Crippen LogP contribution is -2.08. The van der Waals surface area contributed by atoms with Gasteiger partial charge in [0.25, 0.3) is 0 Å². The van der Waals surface area contributed by atoms with Crippen molar-refractivity contribution in [3.05, 3.63) is 108 Å². The van der Waals surface area contributed by atoms with Crippen LogP contribution in [0.15, 0.2) is 97.1 Å². The molecule has 0 spiro atoms. The second kappa shape index (κ2) is 15.2. The van der Waals surface area contributed by atoms with Crippen molar-refractivity contribution >= 4 is 0 Å². The van der Waals surface area contributed by atoms with Crippen molar-refractivity contribution in [3.8, 4) is 33.8 Å². The number of hydrogen-bond donors (Lipinski definition) is 2. The average Bonchev–Trinajstić information content (AvgIpc) is 3.01. The van der Waals surface area contributed by atoms with Gasteiger partial charge in [-0.1, -0.05) is 72.8 Å². The SMILES string of the molecule is CC(OCCO)c1ccc(-c2ccc(OCCOc3ccc(-c4ccc(C(C)OCCO)cc4)cc3)cc2)cc1. The zero-order chi connectivity index (χ0) is 28.2. The molecule has 0 aliphatic carbocycles. The van der Waals surface area contributed by atoms with E-state index in [1.54, 1.807) is 0 Å². The maximum Gasteiger partial charge on any atom is 0.122 e. The minimum atomic E-state index is -0.0528. The molecule has 0 heterocycles. The van der Waals surface area contributed by atoms with E-state index in [-0.39, 0.29) is 25.4 Å². The van der Waals surface area contributed by atoms with E-state index in [0.717, 1.165) is 44.9 Å². The van der Waals surface area contributed by atoms with Gasteiger partial charge in [-0.3, -0.25) is 0 Å². The van der Waals surface area contributed by atoms with E-state index >= 15 is 0 Å². The standard InChI is InChI=1S/C34H38O6/c1-25(37-21-19-35)27-3-7-29(8-4-27)31-11-15-33(16-12-31)39-23-24-40-34-17-13-32(14-18-34)30-9-5-28(6-10-30)26(2)38-22-20-36/h3-18,25-26,35-36H,19-24H2,1-2H3. The van der Waals surface area contributed by atoms with Crippen LogP contribution in [-0.4, -0.2) is 49.9 Å². The van der Waals surface area contributed by atoms with Crippen LogP contribution in [0.3, 0.4) is 0 Å². The summed E-state index contributed by atoms with van der Waals surface area (Å²) in [7, 11) is 0. The third-order valence-electron chi connectivity index (χ3n) is 6.67. The Hall–Kier alpha value is -3.68. The number of hydrogen-bond acceptors (Lipinski definition) is 6. The van der Waals surface area contributed by atoms with Gasteiger partial charge in [-0.25, -0.2) is 0 Å². The van der Waals surface area contributed by atoms with Gasteiger partial charge in [0.1, 0.15) is 24.7 Å². The second-order valence-electron chi connectivity index (χ2n) is 9.46. The molecule has 0 amide bonds. The van der Waals surface area contributed by atoms with E-state index in [1.807, 2.05) is 62.4 Å². The first-order chi connectivity index (χ1) is 19.6. The first kappa shape index (κ1) is 29.3. The van der Waals surface area contributed by atoms with Gasteiger partial charge in [-0.2, -0.15) is 0 Å². The summed E-state index contributed by atoms with van der Waals surface area (Å²) in [5, 5.41) is 17.9. The minimum absolute atomic E-state index is 0.0244. The summed E-state index contributed by atoms with van der Waals surface area (Å²) in [6.45, 7) is 5.57. The van der Waals surface area contributed by atoms with Crippen molar-refractivity contribution in [2.75, 3.05) is 39.6 Å². The molecule has 4 aromatic carbocycles. The van der Waals surface area contributed by atoms with E-state index in [4.69, 9.17) is 29.2 Å². The zero-order valence-corrected chi connectivity index (χ0v) is 23.2. The van der Waals surface area contributed by atoms with Gasteiger partial charge in [-0.15, -0.1) is 0 Å². The number of rotatable bonds is 15. The van der Waals surface area contributed by atoms with E-state index < -0.39 is 0 Å². The quantitative estimate of drug-likeness (QED) is 0.165. The molecule has 0 bridgehead atoms. The summed E-state index contributed by atoms with van der Waals surface area (Å²) in [5.41, 5.74) is 6.62. The molecule has 2 N–H and O–H groups in total. The highest BCUT2D eigenvalue weighted by molar-refractivity contribution is 5.65. The van der Waals surface area contributed by atoms with Crippen LogP contribution < -0.4 is 9.47 Å². The molecule has 0 saturated heterocycles. The molecular formula is C34H38O6. The van der Waals surface area contributed by atoms with Crippen molar-refractivity contribution in [2.24, 2.45) is 0 Å². The number of aliphatic hydroxyl groups is 2. The molecule has 210 valence electrons. The van der Waals surface area contributed by atoms with E-state index in [9.17, 15) is 0 Å². The van der Waals surface area contributed by atoms with Gasteiger partial charge in [0.15, 0.2) is 0 Å². The van der Waals surface area contributed by atoms with Crippen LogP contribution >= 0.6 is 0 Å². The van der Waals surface area contributed by atoms with Crippen molar-refractivity contribution < 1.29 is 29.2 Å². The van der Waals surface area contributed by atoms with E-state index in [1.165, 1.54) is 0 Å². The van der Waals surface area contributed by atoms with Crippen molar-refractivity contribution in [2.45, 2.75) is 26.1 Å². The normalized spacial score (nSPS) is 12.6. The van der Waals surface area contributed by atoms with Gasteiger partial charge in [-0.05, 0) is 71.5 Å². The Balaban J connectivity index is 1.21. The lowest BCUT2D eigenvalue weighted by Gasteiger charge is -2.13. The third kappa shape index (κ3) is 8.41. The lowest BCUT2D eigenvalue weighted by atomic mass is 10.0. The Kier molecular flexibility index (Phi) is 11.1. The highest BCUT2D eigenvalue weighted by Crippen LogP contribution is 2.27. The fraction of sp³-hybridized carbons (Fsp3) is 0.294.